The lowest BCUT2D eigenvalue weighted by atomic mass is 9.81. The molecule has 0 fully saturated rings. The lowest BCUT2D eigenvalue weighted by molar-refractivity contribution is 0.454. The second-order valence-electron chi connectivity index (χ2n) is 28.3. The number of hydrogen-bond acceptors (Lipinski definition) is 2. The van der Waals surface area contributed by atoms with Crippen LogP contribution < -0.4 is 4.65 Å². The van der Waals surface area contributed by atoms with Crippen LogP contribution in [0.4, 0.5) is 0 Å². The molecule has 20 rings (SSSR count). The number of fused-ring (bicyclic) bond motifs is 14. The van der Waals surface area contributed by atoms with E-state index in [4.69, 9.17) is 9.68 Å². The van der Waals surface area contributed by atoms with Crippen LogP contribution in [0.3, 0.4) is 0 Å². The van der Waals surface area contributed by atoms with Gasteiger partial charge in [-0.3, -0.25) is 0 Å². The quantitative estimate of drug-likeness (QED) is 0.127. The SMILES string of the molecule is CC1(C)c2ccc(-c3cccc(-c4c5ccccc5c(-c5cccc6ccccc56)c5ccccc45)c3)cc2-c2cc3ccccc3cc21.CC1(C)c2ccc(Br)cc2-c2cc3ccccc3cc21.O[B]Oc1cccc(-c2c3ccccc3c(-c3cccc4ccccc34)c3ccccc23)c1. The number of benzene rings is 18. The summed E-state index contributed by atoms with van der Waals surface area (Å²) in [5, 5.41) is 29.3. The minimum absolute atomic E-state index is 0.0429. The van der Waals surface area contributed by atoms with Gasteiger partial charge in [-0.15, -0.1) is 0 Å². The average Bonchev–Trinajstić information content (AvgIpc) is 1.53. The summed E-state index contributed by atoms with van der Waals surface area (Å²) in [4.78, 5) is 0. The normalized spacial score (nSPS) is 13.0. The van der Waals surface area contributed by atoms with Gasteiger partial charge in [0.1, 0.15) is 5.75 Å². The second-order valence-corrected chi connectivity index (χ2v) is 29.2. The second kappa shape index (κ2) is 25.2. The highest BCUT2D eigenvalue weighted by molar-refractivity contribution is 9.10. The summed E-state index contributed by atoms with van der Waals surface area (Å²) in [6.45, 7) is 9.37. The molecule has 18 aromatic rings. The Morgan fingerprint density at radius 3 is 1.02 bits per heavy atom. The summed E-state index contributed by atoms with van der Waals surface area (Å²) in [7, 11) is 0.721. The topological polar surface area (TPSA) is 29.5 Å². The maximum Gasteiger partial charge on any atom is 0.569 e. The molecule has 0 aliphatic heterocycles. The third-order valence-corrected chi connectivity index (χ3v) is 22.3. The van der Waals surface area contributed by atoms with Crippen molar-refractivity contribution in [1.82, 2.24) is 0 Å². The average molecular weight is 1370 g/mol. The molecule has 2 aliphatic carbocycles. The van der Waals surface area contributed by atoms with E-state index in [0.29, 0.717) is 5.75 Å². The summed E-state index contributed by atoms with van der Waals surface area (Å²) < 4.78 is 6.41. The van der Waals surface area contributed by atoms with E-state index in [-0.39, 0.29) is 10.8 Å². The van der Waals surface area contributed by atoms with Crippen molar-refractivity contribution < 1.29 is 9.68 Å². The van der Waals surface area contributed by atoms with Gasteiger partial charge in [0.05, 0.1) is 0 Å². The van der Waals surface area contributed by atoms with Crippen molar-refractivity contribution in [3.63, 3.8) is 0 Å². The van der Waals surface area contributed by atoms with Crippen LogP contribution in [0.1, 0.15) is 49.9 Å². The van der Waals surface area contributed by atoms with Crippen molar-refractivity contribution in [2.45, 2.75) is 38.5 Å². The molecule has 1 N–H and O–H groups in total. The number of halogens is 1. The summed E-state index contributed by atoms with van der Waals surface area (Å²) >= 11 is 3.60. The fourth-order valence-electron chi connectivity index (χ4n) is 17.0. The van der Waals surface area contributed by atoms with Crippen molar-refractivity contribution in [1.29, 1.82) is 0 Å². The van der Waals surface area contributed by atoms with Crippen LogP contribution in [0.25, 0.3) is 164 Å². The molecule has 0 heterocycles. The van der Waals surface area contributed by atoms with E-state index >= 15 is 0 Å². The smallest absolute Gasteiger partial charge is 0.537 e. The summed E-state index contributed by atoms with van der Waals surface area (Å²) in [6.07, 6.45) is 0. The molecule has 18 aromatic carbocycles. The van der Waals surface area contributed by atoms with Crippen LogP contribution in [0.15, 0.2) is 344 Å². The third kappa shape index (κ3) is 10.5. The molecule has 2 nitrogen and oxygen atoms in total. The number of rotatable bonds is 7. The standard InChI is InChI=1S/C49H34.C30H20BO2.C19H15Br/c1-49(2)45-26-25-35(29-43(45)44-28-33-14-3-4-15-34(33)30-46(44)49)32-17-11-18-36(27-32)47-39-20-7-9-22-41(39)48(42-23-10-8-21-40(42)47)38-24-12-16-31-13-5-6-19-37(31)38;32-31-33-22-12-7-11-21(19-22)29-25-14-3-5-16-27(25)30(28-17-6-4-15-26(28)29)24-18-8-10-20-9-1-2-13-23(20)24;1-19(2)17-8-7-14(20)11-16(17)15-9-12-5-3-4-6-13(12)10-18(15)19/h3-30H,1-2H3;1-19,32H;3-11H,1-2H3. The van der Waals surface area contributed by atoms with Crippen LogP contribution in [-0.4, -0.2) is 12.7 Å². The highest BCUT2D eigenvalue weighted by Gasteiger charge is 2.37. The zero-order chi connectivity index (χ0) is 68.8. The first-order valence-corrected chi connectivity index (χ1v) is 36.0. The minimum Gasteiger partial charge on any atom is -0.537 e. The minimum atomic E-state index is -0.0429. The summed E-state index contributed by atoms with van der Waals surface area (Å²) in [5.41, 5.74) is 23.4. The van der Waals surface area contributed by atoms with E-state index in [9.17, 15) is 0 Å². The molecule has 0 aromatic heterocycles. The number of hydrogen-bond donors (Lipinski definition) is 1. The van der Waals surface area contributed by atoms with Gasteiger partial charge in [-0.1, -0.05) is 323 Å². The molecule has 1 radical (unpaired) electrons. The highest BCUT2D eigenvalue weighted by Crippen LogP contribution is 2.54. The molecule has 0 unspecified atom stereocenters. The molecule has 4 heteroatoms. The molecule has 483 valence electrons. The molecule has 0 atom stereocenters. The Hall–Kier alpha value is -11.7. The van der Waals surface area contributed by atoms with Crippen molar-refractivity contribution in [2.24, 2.45) is 0 Å². The van der Waals surface area contributed by atoms with Gasteiger partial charge < -0.3 is 9.68 Å². The van der Waals surface area contributed by atoms with E-state index in [1.165, 1.54) is 175 Å². The van der Waals surface area contributed by atoms with Gasteiger partial charge in [0.25, 0.3) is 0 Å². The van der Waals surface area contributed by atoms with Crippen LogP contribution >= 0.6 is 15.9 Å². The lowest BCUT2D eigenvalue weighted by Crippen LogP contribution is -2.14. The Morgan fingerprint density at radius 1 is 0.245 bits per heavy atom. The van der Waals surface area contributed by atoms with Gasteiger partial charge in [0.15, 0.2) is 0 Å². The highest BCUT2D eigenvalue weighted by atomic mass is 79.9. The molecular weight excluding hydrogens is 1300 g/mol. The van der Waals surface area contributed by atoms with Crippen molar-refractivity contribution in [2.75, 3.05) is 0 Å². The molecule has 0 amide bonds. The molecule has 2 aliphatic rings. The molecular formula is C98H69BBrO2. The van der Waals surface area contributed by atoms with E-state index in [1.807, 2.05) is 18.2 Å². The van der Waals surface area contributed by atoms with E-state index in [1.54, 1.807) is 0 Å². The zero-order valence-corrected chi connectivity index (χ0v) is 58.7. The predicted molar refractivity (Wildman–Crippen MR) is 438 cm³/mol. The first-order valence-electron chi connectivity index (χ1n) is 35.2. The maximum absolute atomic E-state index is 9.13. The molecule has 0 spiro atoms. The van der Waals surface area contributed by atoms with Gasteiger partial charge in [-0.2, -0.15) is 0 Å². The fraction of sp³-hybridized carbons (Fsp3) is 0.0612. The van der Waals surface area contributed by atoms with E-state index in [2.05, 4.69) is 365 Å². The Morgan fingerprint density at radius 2 is 0.569 bits per heavy atom. The Labute approximate surface area is 603 Å². The van der Waals surface area contributed by atoms with Gasteiger partial charge in [0.2, 0.25) is 0 Å². The van der Waals surface area contributed by atoms with Gasteiger partial charge in [-0.25, -0.2) is 0 Å². The van der Waals surface area contributed by atoms with Gasteiger partial charge in [-0.05, 0) is 247 Å². The van der Waals surface area contributed by atoms with Gasteiger partial charge in [0, 0.05) is 15.3 Å². The Kier molecular flexibility index (Phi) is 15.5. The Bertz CT molecular complexity index is 6310. The monoisotopic (exact) mass is 1370 g/mol. The predicted octanol–water partition coefficient (Wildman–Crippen LogP) is 26.9. The summed E-state index contributed by atoms with van der Waals surface area (Å²) in [6, 6.07) is 123. The van der Waals surface area contributed by atoms with Crippen molar-refractivity contribution in [3.05, 3.63) is 366 Å². The van der Waals surface area contributed by atoms with E-state index in [0.717, 1.165) is 23.3 Å². The van der Waals surface area contributed by atoms with Crippen LogP contribution in [0, 0.1) is 0 Å². The Balaban J connectivity index is 0.000000121. The summed E-state index contributed by atoms with van der Waals surface area (Å²) in [5.74, 6) is 0.598. The fourth-order valence-corrected chi connectivity index (χ4v) is 17.4. The van der Waals surface area contributed by atoms with Crippen molar-refractivity contribution >= 4 is 110 Å². The van der Waals surface area contributed by atoms with Crippen molar-refractivity contribution in [3.8, 4) is 83.6 Å². The first kappa shape index (κ1) is 62.6. The molecule has 0 saturated carbocycles. The molecule has 0 bridgehead atoms. The third-order valence-electron chi connectivity index (χ3n) is 21.8. The first-order chi connectivity index (χ1) is 50.0. The van der Waals surface area contributed by atoms with E-state index < -0.39 is 0 Å². The lowest BCUT2D eigenvalue weighted by Gasteiger charge is -2.22. The molecule has 102 heavy (non-hydrogen) atoms. The van der Waals surface area contributed by atoms with Crippen LogP contribution in [0.2, 0.25) is 0 Å². The van der Waals surface area contributed by atoms with Crippen LogP contribution in [-0.2, 0) is 10.8 Å². The molecule has 0 saturated heterocycles. The zero-order valence-electron chi connectivity index (χ0n) is 57.1. The van der Waals surface area contributed by atoms with Crippen LogP contribution in [0.5, 0.6) is 5.75 Å². The largest absolute Gasteiger partial charge is 0.569 e. The van der Waals surface area contributed by atoms with Gasteiger partial charge >= 0.3 is 7.69 Å². The maximum atomic E-state index is 9.13.